The first kappa shape index (κ1) is 15.9. The molecule has 0 rings (SSSR count). The number of rotatable bonds is 9. The van der Waals surface area contributed by atoms with Gasteiger partial charge in [-0.05, 0) is 26.4 Å². The quantitative estimate of drug-likeness (QED) is 0.637. The smallest absolute Gasteiger partial charge is 0.303 e. The van der Waals surface area contributed by atoms with Gasteiger partial charge in [-0.15, -0.1) is 0 Å². The molecule has 0 aliphatic rings. The summed E-state index contributed by atoms with van der Waals surface area (Å²) in [5.41, 5.74) is 0. The Hall–Kier alpha value is -1.10. The number of carbonyl (C=O) groups excluding carboxylic acids is 1. The van der Waals surface area contributed by atoms with E-state index in [0.717, 1.165) is 19.6 Å². The maximum atomic E-state index is 11.5. The fourth-order valence-electron chi connectivity index (χ4n) is 1.66. The van der Waals surface area contributed by atoms with Crippen LogP contribution in [0.1, 0.15) is 40.0 Å². The van der Waals surface area contributed by atoms with Gasteiger partial charge in [-0.2, -0.15) is 0 Å². The molecule has 0 aromatic rings. The molecule has 1 amide bonds. The van der Waals surface area contributed by atoms with Crippen molar-refractivity contribution in [3.63, 3.8) is 0 Å². The van der Waals surface area contributed by atoms with Gasteiger partial charge < -0.3 is 15.3 Å². The number of hydrogen-bond donors (Lipinski definition) is 2. The molecule has 0 radical (unpaired) electrons. The lowest BCUT2D eigenvalue weighted by Gasteiger charge is -2.23. The zero-order valence-electron chi connectivity index (χ0n) is 11.0. The van der Waals surface area contributed by atoms with Gasteiger partial charge in [-0.3, -0.25) is 9.59 Å². The number of aliphatic carboxylic acids is 1. The molecule has 2 N–H and O–H groups in total. The highest BCUT2D eigenvalue weighted by Gasteiger charge is 2.10. The van der Waals surface area contributed by atoms with E-state index >= 15 is 0 Å². The van der Waals surface area contributed by atoms with Gasteiger partial charge in [0.25, 0.3) is 0 Å². The standard InChI is InChI=1S/C12H24N2O3/c1-4-14(5-2)9-10(3)13-11(15)7-6-8-12(16)17/h10H,4-9H2,1-3H3,(H,13,15)(H,16,17). The molecular weight excluding hydrogens is 220 g/mol. The van der Waals surface area contributed by atoms with Crippen molar-refractivity contribution in [2.75, 3.05) is 19.6 Å². The summed E-state index contributed by atoms with van der Waals surface area (Å²) in [6.45, 7) is 8.91. The van der Waals surface area contributed by atoms with E-state index in [1.54, 1.807) is 0 Å². The Morgan fingerprint density at radius 1 is 1.24 bits per heavy atom. The number of nitrogens with one attached hydrogen (secondary N) is 1. The molecule has 1 unspecified atom stereocenters. The predicted octanol–water partition coefficient (Wildman–Crippen LogP) is 1.09. The third-order valence-corrected chi connectivity index (χ3v) is 2.63. The Bertz CT molecular complexity index is 240. The molecule has 0 aromatic heterocycles. The fourth-order valence-corrected chi connectivity index (χ4v) is 1.66. The minimum absolute atomic E-state index is 0.0534. The van der Waals surface area contributed by atoms with Gasteiger partial charge in [0.15, 0.2) is 0 Å². The number of hydrogen-bond acceptors (Lipinski definition) is 3. The molecule has 0 aliphatic heterocycles. The Morgan fingerprint density at radius 3 is 2.29 bits per heavy atom. The van der Waals surface area contributed by atoms with Crippen LogP contribution in [0, 0.1) is 0 Å². The highest BCUT2D eigenvalue weighted by Crippen LogP contribution is 1.97. The summed E-state index contributed by atoms with van der Waals surface area (Å²) in [4.78, 5) is 24.0. The first-order valence-corrected chi connectivity index (χ1v) is 6.23. The van der Waals surface area contributed by atoms with Gasteiger partial charge >= 0.3 is 5.97 Å². The largest absolute Gasteiger partial charge is 0.481 e. The SMILES string of the molecule is CCN(CC)CC(C)NC(=O)CCCC(=O)O. The molecule has 0 saturated heterocycles. The van der Waals surface area contributed by atoms with Crippen molar-refractivity contribution in [3.8, 4) is 0 Å². The van der Waals surface area contributed by atoms with Crippen molar-refractivity contribution in [1.82, 2.24) is 10.2 Å². The highest BCUT2D eigenvalue weighted by atomic mass is 16.4. The maximum Gasteiger partial charge on any atom is 0.303 e. The zero-order chi connectivity index (χ0) is 13.3. The predicted molar refractivity (Wildman–Crippen MR) is 66.9 cm³/mol. The molecule has 0 aromatic carbocycles. The third-order valence-electron chi connectivity index (χ3n) is 2.63. The molecule has 0 heterocycles. The van der Waals surface area contributed by atoms with Gasteiger partial charge in [-0.1, -0.05) is 13.8 Å². The van der Waals surface area contributed by atoms with Crippen molar-refractivity contribution in [3.05, 3.63) is 0 Å². The summed E-state index contributed by atoms with van der Waals surface area (Å²) in [5, 5.41) is 11.3. The highest BCUT2D eigenvalue weighted by molar-refractivity contribution is 5.77. The number of amides is 1. The minimum atomic E-state index is -0.853. The normalized spacial score (nSPS) is 12.5. The molecule has 1 atom stereocenters. The lowest BCUT2D eigenvalue weighted by Crippen LogP contribution is -2.41. The molecule has 0 fully saturated rings. The van der Waals surface area contributed by atoms with E-state index < -0.39 is 5.97 Å². The summed E-state index contributed by atoms with van der Waals surface area (Å²) in [5.74, 6) is -0.917. The number of nitrogens with zero attached hydrogens (tertiary/aromatic N) is 1. The Balaban J connectivity index is 3.75. The monoisotopic (exact) mass is 244 g/mol. The lowest BCUT2D eigenvalue weighted by molar-refractivity contribution is -0.137. The summed E-state index contributed by atoms with van der Waals surface area (Å²) in [7, 11) is 0. The second-order valence-electron chi connectivity index (χ2n) is 4.20. The van der Waals surface area contributed by atoms with Gasteiger partial charge in [0.2, 0.25) is 5.91 Å². The first-order chi connectivity index (χ1) is 7.99. The van der Waals surface area contributed by atoms with Gasteiger partial charge in [0, 0.05) is 25.4 Å². The fraction of sp³-hybridized carbons (Fsp3) is 0.833. The second-order valence-corrected chi connectivity index (χ2v) is 4.20. The van der Waals surface area contributed by atoms with Crippen LogP contribution in [0.3, 0.4) is 0 Å². The van der Waals surface area contributed by atoms with E-state index in [-0.39, 0.29) is 24.8 Å². The molecule has 100 valence electrons. The van der Waals surface area contributed by atoms with Crippen LogP contribution < -0.4 is 5.32 Å². The van der Waals surface area contributed by atoms with Crippen molar-refractivity contribution < 1.29 is 14.7 Å². The summed E-state index contributed by atoms with van der Waals surface area (Å²) in [6.07, 6.45) is 0.742. The number of carboxylic acids is 1. The maximum absolute atomic E-state index is 11.5. The van der Waals surface area contributed by atoms with E-state index in [4.69, 9.17) is 5.11 Å². The number of likely N-dealkylation sites (N-methyl/N-ethyl adjacent to an activating group) is 1. The zero-order valence-corrected chi connectivity index (χ0v) is 11.0. The Morgan fingerprint density at radius 2 is 1.82 bits per heavy atom. The molecule has 0 saturated carbocycles. The van der Waals surface area contributed by atoms with Crippen molar-refractivity contribution in [2.24, 2.45) is 0 Å². The number of carbonyl (C=O) groups is 2. The first-order valence-electron chi connectivity index (χ1n) is 6.23. The molecule has 0 bridgehead atoms. The average Bonchev–Trinajstić information content (AvgIpc) is 2.25. The minimum Gasteiger partial charge on any atom is -0.481 e. The molecule has 5 nitrogen and oxygen atoms in total. The molecule has 0 aliphatic carbocycles. The van der Waals surface area contributed by atoms with Crippen LogP contribution >= 0.6 is 0 Å². The molecule has 17 heavy (non-hydrogen) atoms. The lowest BCUT2D eigenvalue weighted by atomic mass is 10.2. The molecule has 5 heteroatoms. The third kappa shape index (κ3) is 8.68. The van der Waals surface area contributed by atoms with Crippen molar-refractivity contribution in [1.29, 1.82) is 0 Å². The average molecular weight is 244 g/mol. The topological polar surface area (TPSA) is 69.6 Å². The van der Waals surface area contributed by atoms with E-state index in [2.05, 4.69) is 24.1 Å². The van der Waals surface area contributed by atoms with Gasteiger partial charge in [-0.25, -0.2) is 0 Å². The summed E-state index contributed by atoms with van der Waals surface area (Å²) >= 11 is 0. The van der Waals surface area contributed by atoms with Crippen molar-refractivity contribution >= 4 is 11.9 Å². The molecule has 0 spiro atoms. The summed E-state index contributed by atoms with van der Waals surface area (Å²) in [6, 6.07) is 0.104. The van der Waals surface area contributed by atoms with Gasteiger partial charge in [0.05, 0.1) is 0 Å². The van der Waals surface area contributed by atoms with Crippen LogP contribution in [0.4, 0.5) is 0 Å². The van der Waals surface area contributed by atoms with E-state index in [0.29, 0.717) is 6.42 Å². The van der Waals surface area contributed by atoms with Crippen LogP contribution in [0.25, 0.3) is 0 Å². The van der Waals surface area contributed by atoms with Crippen LogP contribution in [0.15, 0.2) is 0 Å². The van der Waals surface area contributed by atoms with Crippen molar-refractivity contribution in [2.45, 2.75) is 46.1 Å². The van der Waals surface area contributed by atoms with E-state index in [9.17, 15) is 9.59 Å². The number of carboxylic acid groups (broad SMARTS) is 1. The van der Waals surface area contributed by atoms with Crippen LogP contribution in [0.5, 0.6) is 0 Å². The Labute approximate surface area is 103 Å². The second kappa shape index (κ2) is 8.98. The van der Waals surface area contributed by atoms with Crippen LogP contribution in [-0.4, -0.2) is 47.6 Å². The van der Waals surface area contributed by atoms with Crippen LogP contribution in [0.2, 0.25) is 0 Å². The molecular formula is C12H24N2O3. The van der Waals surface area contributed by atoms with E-state index in [1.165, 1.54) is 0 Å². The summed E-state index contributed by atoms with van der Waals surface area (Å²) < 4.78 is 0. The van der Waals surface area contributed by atoms with Crippen LogP contribution in [-0.2, 0) is 9.59 Å². The Kier molecular flexibility index (Phi) is 8.40. The van der Waals surface area contributed by atoms with E-state index in [1.807, 2.05) is 6.92 Å². The van der Waals surface area contributed by atoms with Gasteiger partial charge in [0.1, 0.15) is 0 Å².